The van der Waals surface area contributed by atoms with E-state index in [-0.39, 0.29) is 24.1 Å². The molecule has 2 aromatic rings. The van der Waals surface area contributed by atoms with E-state index in [4.69, 9.17) is 4.74 Å². The Hall–Kier alpha value is -2.42. The van der Waals surface area contributed by atoms with Crippen molar-refractivity contribution in [2.45, 2.75) is 12.8 Å². The van der Waals surface area contributed by atoms with E-state index in [0.717, 1.165) is 5.56 Å². The van der Waals surface area contributed by atoms with Gasteiger partial charge in [-0.05, 0) is 23.6 Å². The quantitative estimate of drug-likeness (QED) is 0.640. The minimum absolute atomic E-state index is 0.0572. The lowest BCUT2D eigenvalue weighted by Crippen LogP contribution is -2.48. The number of nitrogens with zero attached hydrogens (tertiary/aromatic N) is 2. The summed E-state index contributed by atoms with van der Waals surface area (Å²) in [5, 5.41) is 3.16. The Morgan fingerprint density at radius 2 is 1.74 bits per heavy atom. The number of nitrogens with one attached hydrogen (secondary N) is 1. The van der Waals surface area contributed by atoms with E-state index in [1.165, 1.54) is 11.4 Å². The Kier molecular flexibility index (Phi) is 8.06. The first-order chi connectivity index (χ1) is 14.9. The average Bonchev–Trinajstić information content (AvgIpc) is 2.82. The van der Waals surface area contributed by atoms with E-state index >= 15 is 0 Å². The Bertz CT molecular complexity index is 960. The molecule has 1 aliphatic heterocycles. The molecule has 1 atom stereocenters. The van der Waals surface area contributed by atoms with Crippen LogP contribution in [0.4, 0.5) is 0 Å². The van der Waals surface area contributed by atoms with Crippen molar-refractivity contribution in [3.05, 3.63) is 65.7 Å². The fourth-order valence-corrected chi connectivity index (χ4v) is 5.21. The second-order valence-corrected chi connectivity index (χ2v) is 9.82. The van der Waals surface area contributed by atoms with Gasteiger partial charge in [-0.25, -0.2) is 8.42 Å². The highest BCUT2D eigenvalue weighted by molar-refractivity contribution is 7.89. The minimum Gasteiger partial charge on any atom is -0.496 e. The lowest BCUT2D eigenvalue weighted by Gasteiger charge is -2.30. The molecule has 0 aromatic heterocycles. The summed E-state index contributed by atoms with van der Waals surface area (Å²) < 4.78 is 32.6. The summed E-state index contributed by atoms with van der Waals surface area (Å²) in [5.41, 5.74) is 1.54. The van der Waals surface area contributed by atoms with Crippen LogP contribution in [0.5, 0.6) is 5.75 Å². The van der Waals surface area contributed by atoms with Gasteiger partial charge in [0.1, 0.15) is 5.75 Å². The highest BCUT2D eigenvalue weighted by Gasteiger charge is 2.27. The smallest absolute Gasteiger partial charge is 0.257 e. The van der Waals surface area contributed by atoms with Crippen LogP contribution in [0.15, 0.2) is 54.6 Å². The molecule has 168 valence electrons. The predicted molar refractivity (Wildman–Crippen MR) is 122 cm³/mol. The molecule has 0 spiro atoms. The summed E-state index contributed by atoms with van der Waals surface area (Å²) in [6, 6.07) is 17.0. The first kappa shape index (κ1) is 23.2. The van der Waals surface area contributed by atoms with Gasteiger partial charge < -0.3 is 15.0 Å². The molecule has 8 heteroatoms. The lowest BCUT2D eigenvalue weighted by atomic mass is 10.0. The zero-order valence-electron chi connectivity index (χ0n) is 18.2. The number of rotatable bonds is 9. The third-order valence-electron chi connectivity index (χ3n) is 5.58. The molecule has 3 rings (SSSR count). The van der Waals surface area contributed by atoms with Gasteiger partial charge in [0.15, 0.2) is 0 Å². The number of hydrogen-bond acceptors (Lipinski definition) is 5. The lowest BCUT2D eigenvalue weighted by molar-refractivity contribution is 0.0754. The molecule has 1 amide bonds. The van der Waals surface area contributed by atoms with E-state index in [1.54, 1.807) is 29.2 Å². The molecule has 0 radical (unpaired) electrons. The summed E-state index contributed by atoms with van der Waals surface area (Å²) in [6.45, 7) is 4.80. The molecule has 1 aliphatic rings. The van der Waals surface area contributed by atoms with Crippen molar-refractivity contribution in [3.63, 3.8) is 0 Å². The average molecular weight is 446 g/mol. The summed E-state index contributed by atoms with van der Waals surface area (Å²) in [5.74, 6) is 0.211. The molecule has 0 bridgehead atoms. The van der Waals surface area contributed by atoms with Crippen LogP contribution in [0, 0.1) is 0 Å². The Morgan fingerprint density at radius 1 is 1.10 bits per heavy atom. The number of ether oxygens (including phenoxy) is 1. The number of piperazine rings is 1. The van der Waals surface area contributed by atoms with Crippen LogP contribution < -0.4 is 10.1 Å². The van der Waals surface area contributed by atoms with Crippen molar-refractivity contribution < 1.29 is 17.9 Å². The number of benzene rings is 2. The van der Waals surface area contributed by atoms with Crippen LogP contribution in [0.3, 0.4) is 0 Å². The van der Waals surface area contributed by atoms with Gasteiger partial charge in [0, 0.05) is 39.3 Å². The predicted octanol–water partition coefficient (Wildman–Crippen LogP) is 2.18. The SMILES string of the molecule is COc1ccccc1C(=O)N(CCS(=O)(=O)N1CCNCC1)C[C@@H](C)c1ccccc1. The summed E-state index contributed by atoms with van der Waals surface area (Å²) in [7, 11) is -1.92. The zero-order valence-corrected chi connectivity index (χ0v) is 19.0. The van der Waals surface area contributed by atoms with E-state index in [2.05, 4.69) is 5.32 Å². The zero-order chi connectivity index (χ0) is 22.3. The van der Waals surface area contributed by atoms with Crippen molar-refractivity contribution in [1.29, 1.82) is 0 Å². The standard InChI is InChI=1S/C23H31N3O4S/c1-19(20-8-4-3-5-9-20)18-25(23(27)21-10-6-7-11-22(21)30-2)16-17-31(28,29)26-14-12-24-13-15-26/h3-11,19,24H,12-18H2,1-2H3/t19-/m1/s1. The maximum Gasteiger partial charge on any atom is 0.257 e. The summed E-state index contributed by atoms with van der Waals surface area (Å²) in [4.78, 5) is 15.0. The summed E-state index contributed by atoms with van der Waals surface area (Å²) >= 11 is 0. The number of amides is 1. The maximum absolute atomic E-state index is 13.4. The van der Waals surface area contributed by atoms with Crippen molar-refractivity contribution in [3.8, 4) is 5.75 Å². The molecular weight excluding hydrogens is 414 g/mol. The van der Waals surface area contributed by atoms with Gasteiger partial charge in [0.25, 0.3) is 5.91 Å². The second kappa shape index (κ2) is 10.7. The van der Waals surface area contributed by atoms with Crippen molar-refractivity contribution >= 4 is 15.9 Å². The largest absolute Gasteiger partial charge is 0.496 e. The normalized spacial score (nSPS) is 15.9. The van der Waals surface area contributed by atoms with Crippen LogP contribution in [0.25, 0.3) is 0 Å². The van der Waals surface area contributed by atoms with Gasteiger partial charge in [0.2, 0.25) is 10.0 Å². The molecule has 1 saturated heterocycles. The second-order valence-electron chi connectivity index (χ2n) is 7.73. The van der Waals surface area contributed by atoms with Gasteiger partial charge in [0.05, 0.1) is 18.4 Å². The number of hydrogen-bond donors (Lipinski definition) is 1. The molecule has 1 heterocycles. The Labute approximate surface area is 185 Å². The highest BCUT2D eigenvalue weighted by atomic mass is 32.2. The Balaban J connectivity index is 1.80. The number of carbonyl (C=O) groups is 1. The molecule has 2 aromatic carbocycles. The van der Waals surface area contributed by atoms with Gasteiger partial charge in [-0.2, -0.15) is 4.31 Å². The van der Waals surface area contributed by atoms with E-state index < -0.39 is 10.0 Å². The Morgan fingerprint density at radius 3 is 2.42 bits per heavy atom. The minimum atomic E-state index is -3.44. The molecule has 0 saturated carbocycles. The van der Waals surface area contributed by atoms with Gasteiger partial charge in [-0.3, -0.25) is 4.79 Å². The van der Waals surface area contributed by atoms with Crippen LogP contribution in [-0.2, 0) is 10.0 Å². The van der Waals surface area contributed by atoms with Gasteiger partial charge in [-0.15, -0.1) is 0 Å². The van der Waals surface area contributed by atoms with Crippen LogP contribution in [-0.4, -0.2) is 75.7 Å². The van der Waals surface area contributed by atoms with Crippen LogP contribution in [0.1, 0.15) is 28.8 Å². The summed E-state index contributed by atoms with van der Waals surface area (Å²) in [6.07, 6.45) is 0. The first-order valence-electron chi connectivity index (χ1n) is 10.6. The first-order valence-corrected chi connectivity index (χ1v) is 12.2. The van der Waals surface area contributed by atoms with Gasteiger partial charge >= 0.3 is 0 Å². The fraction of sp³-hybridized carbons (Fsp3) is 0.435. The molecular formula is C23H31N3O4S. The molecule has 1 fully saturated rings. The maximum atomic E-state index is 13.4. The molecule has 1 N–H and O–H groups in total. The third-order valence-corrected chi connectivity index (χ3v) is 7.43. The van der Waals surface area contributed by atoms with Crippen LogP contribution >= 0.6 is 0 Å². The van der Waals surface area contributed by atoms with Crippen molar-refractivity contribution in [1.82, 2.24) is 14.5 Å². The molecule has 0 unspecified atom stereocenters. The molecule has 0 aliphatic carbocycles. The van der Waals surface area contributed by atoms with E-state index in [9.17, 15) is 13.2 Å². The van der Waals surface area contributed by atoms with E-state index in [0.29, 0.717) is 44.0 Å². The number of carbonyl (C=O) groups excluding carboxylic acids is 1. The number of para-hydroxylation sites is 1. The van der Waals surface area contributed by atoms with Crippen LogP contribution in [0.2, 0.25) is 0 Å². The topological polar surface area (TPSA) is 79.0 Å². The highest BCUT2D eigenvalue weighted by Crippen LogP contribution is 2.22. The monoisotopic (exact) mass is 445 g/mol. The fourth-order valence-electron chi connectivity index (χ4n) is 3.76. The molecule has 7 nitrogen and oxygen atoms in total. The van der Waals surface area contributed by atoms with E-state index in [1.807, 2.05) is 37.3 Å². The van der Waals surface area contributed by atoms with Gasteiger partial charge in [-0.1, -0.05) is 49.4 Å². The molecule has 31 heavy (non-hydrogen) atoms. The third kappa shape index (κ3) is 6.06. The number of sulfonamides is 1. The number of methoxy groups -OCH3 is 1. The van der Waals surface area contributed by atoms with Crippen molar-refractivity contribution in [2.24, 2.45) is 0 Å². The van der Waals surface area contributed by atoms with Crippen molar-refractivity contribution in [2.75, 3.05) is 52.1 Å².